The fourth-order valence-corrected chi connectivity index (χ4v) is 2.43. The molecule has 0 saturated carbocycles. The zero-order valence-electron chi connectivity index (χ0n) is 10.8. The minimum atomic E-state index is 1.11. The molecule has 0 spiro atoms. The molecule has 0 unspecified atom stereocenters. The first-order valence-electron chi connectivity index (χ1n) is 5.71. The monoisotopic (exact) mass is 255 g/mol. The van der Waals surface area contributed by atoms with E-state index in [2.05, 4.69) is 31.2 Å². The van der Waals surface area contributed by atoms with Crippen molar-refractivity contribution in [3.63, 3.8) is 0 Å². The van der Waals surface area contributed by atoms with E-state index >= 15 is 0 Å². The molecule has 0 fully saturated rings. The van der Waals surface area contributed by atoms with Crippen molar-refractivity contribution in [2.75, 3.05) is 6.26 Å². The van der Waals surface area contributed by atoms with Gasteiger partial charge in [-0.2, -0.15) is 0 Å². The Balaban J connectivity index is 0.000000394. The number of benzene rings is 1. The van der Waals surface area contributed by atoms with Crippen LogP contribution in [0.2, 0.25) is 0 Å². The van der Waals surface area contributed by atoms with Gasteiger partial charge in [0.15, 0.2) is 4.34 Å². The molecule has 1 nitrogen and oxygen atoms in total. The highest BCUT2D eigenvalue weighted by Crippen LogP contribution is 2.27. The topological polar surface area (TPSA) is 12.9 Å². The molecule has 16 heavy (non-hydrogen) atoms. The Morgan fingerprint density at radius 1 is 1.19 bits per heavy atom. The van der Waals surface area contributed by atoms with Crippen LogP contribution in [0.15, 0.2) is 28.6 Å². The standard InChI is InChI=1S/C8H7NS2.C3H8.C2H6/c1-10-8-9-6-4-2-3-5-7(6)11-8;1-3-2;1-2/h2-5H,1H3;3H2,1-2H3;1-2H3. The van der Waals surface area contributed by atoms with Crippen LogP contribution in [0.3, 0.4) is 0 Å². The summed E-state index contributed by atoms with van der Waals surface area (Å²) < 4.78 is 2.42. The van der Waals surface area contributed by atoms with Gasteiger partial charge in [-0.15, -0.1) is 11.3 Å². The largest absolute Gasteiger partial charge is 0.230 e. The van der Waals surface area contributed by atoms with E-state index in [-0.39, 0.29) is 0 Å². The Kier molecular flexibility index (Phi) is 9.34. The number of aromatic nitrogens is 1. The normalized spacial score (nSPS) is 8.81. The van der Waals surface area contributed by atoms with Gasteiger partial charge in [-0.25, -0.2) is 4.98 Å². The van der Waals surface area contributed by atoms with E-state index in [0.717, 1.165) is 9.86 Å². The van der Waals surface area contributed by atoms with Crippen molar-refractivity contribution in [2.45, 2.75) is 38.5 Å². The van der Waals surface area contributed by atoms with Crippen molar-refractivity contribution in [3.05, 3.63) is 24.3 Å². The molecule has 1 aromatic carbocycles. The minimum Gasteiger partial charge on any atom is -0.230 e. The third-order valence-electron chi connectivity index (χ3n) is 1.45. The van der Waals surface area contributed by atoms with Gasteiger partial charge in [0, 0.05) is 0 Å². The Bertz CT molecular complexity index is 349. The van der Waals surface area contributed by atoms with E-state index < -0.39 is 0 Å². The second kappa shape index (κ2) is 9.67. The number of para-hydroxylation sites is 1. The van der Waals surface area contributed by atoms with Gasteiger partial charge in [-0.05, 0) is 18.4 Å². The molecule has 2 aromatic rings. The van der Waals surface area contributed by atoms with Crippen molar-refractivity contribution >= 4 is 33.3 Å². The maximum atomic E-state index is 4.41. The molecular weight excluding hydrogens is 234 g/mol. The molecule has 0 N–H and O–H groups in total. The lowest BCUT2D eigenvalue weighted by atomic mass is 10.3. The first-order chi connectivity index (χ1) is 7.81. The number of rotatable bonds is 1. The first-order valence-corrected chi connectivity index (χ1v) is 7.75. The van der Waals surface area contributed by atoms with E-state index in [0.29, 0.717) is 0 Å². The summed E-state index contributed by atoms with van der Waals surface area (Å²) in [5.41, 5.74) is 1.11. The number of thioether (sulfide) groups is 1. The fraction of sp³-hybridized carbons (Fsp3) is 0.462. The van der Waals surface area contributed by atoms with E-state index in [1.54, 1.807) is 23.1 Å². The summed E-state index contributed by atoms with van der Waals surface area (Å²) in [5.74, 6) is 0. The van der Waals surface area contributed by atoms with Crippen LogP contribution in [0.4, 0.5) is 0 Å². The lowest BCUT2D eigenvalue weighted by Gasteiger charge is -1.80. The fourth-order valence-electron chi connectivity index (χ4n) is 0.938. The van der Waals surface area contributed by atoms with E-state index in [9.17, 15) is 0 Å². The molecule has 0 aliphatic carbocycles. The quantitative estimate of drug-likeness (QED) is 0.627. The van der Waals surface area contributed by atoms with Gasteiger partial charge in [0.05, 0.1) is 10.2 Å². The maximum Gasteiger partial charge on any atom is 0.150 e. The van der Waals surface area contributed by atoms with E-state index in [1.165, 1.54) is 11.1 Å². The Labute approximate surface area is 107 Å². The van der Waals surface area contributed by atoms with Crippen molar-refractivity contribution in [1.29, 1.82) is 0 Å². The molecule has 0 bridgehead atoms. The van der Waals surface area contributed by atoms with Crippen LogP contribution < -0.4 is 0 Å². The van der Waals surface area contributed by atoms with Crippen LogP contribution >= 0.6 is 23.1 Å². The van der Waals surface area contributed by atoms with Gasteiger partial charge in [0.1, 0.15) is 0 Å². The molecule has 0 aliphatic heterocycles. The third-order valence-corrected chi connectivity index (χ3v) is 3.47. The van der Waals surface area contributed by atoms with Crippen molar-refractivity contribution in [3.8, 4) is 0 Å². The van der Waals surface area contributed by atoms with Gasteiger partial charge >= 0.3 is 0 Å². The molecule has 1 heterocycles. The number of hydrogen-bond donors (Lipinski definition) is 0. The average Bonchev–Trinajstić information content (AvgIpc) is 2.75. The zero-order valence-corrected chi connectivity index (χ0v) is 12.4. The number of nitrogens with zero attached hydrogens (tertiary/aromatic N) is 1. The Hall–Kier alpha value is -0.540. The molecule has 0 radical (unpaired) electrons. The van der Waals surface area contributed by atoms with Gasteiger partial charge in [0.2, 0.25) is 0 Å². The predicted molar refractivity (Wildman–Crippen MR) is 78.7 cm³/mol. The van der Waals surface area contributed by atoms with Crippen LogP contribution in [0.5, 0.6) is 0 Å². The Morgan fingerprint density at radius 3 is 2.25 bits per heavy atom. The molecule has 0 saturated heterocycles. The zero-order chi connectivity index (χ0) is 12.4. The molecular formula is C13H21NS2. The Morgan fingerprint density at radius 2 is 1.75 bits per heavy atom. The first kappa shape index (κ1) is 15.5. The smallest absolute Gasteiger partial charge is 0.150 e. The molecule has 3 heteroatoms. The second-order valence-electron chi connectivity index (χ2n) is 2.86. The third kappa shape index (κ3) is 4.99. The minimum absolute atomic E-state index is 1.11. The van der Waals surface area contributed by atoms with Gasteiger partial charge in [-0.1, -0.05) is 58.0 Å². The molecule has 1 aromatic heterocycles. The van der Waals surface area contributed by atoms with Crippen molar-refractivity contribution in [1.82, 2.24) is 4.98 Å². The SMILES string of the molecule is CC.CCC.CSc1nc2ccccc2s1. The van der Waals surface area contributed by atoms with Gasteiger partial charge in [-0.3, -0.25) is 0 Å². The van der Waals surface area contributed by atoms with Gasteiger partial charge < -0.3 is 0 Å². The average molecular weight is 255 g/mol. The van der Waals surface area contributed by atoms with E-state index in [1.807, 2.05) is 32.0 Å². The number of thiazole rings is 1. The molecule has 0 amide bonds. The highest BCUT2D eigenvalue weighted by molar-refractivity contribution is 8.00. The summed E-state index contributed by atoms with van der Waals surface area (Å²) in [6.07, 6.45) is 3.30. The lowest BCUT2D eigenvalue weighted by molar-refractivity contribution is 1.09. The summed E-state index contributed by atoms with van der Waals surface area (Å²) in [4.78, 5) is 4.41. The summed E-state index contributed by atoms with van der Waals surface area (Å²) in [6.45, 7) is 8.25. The summed E-state index contributed by atoms with van der Waals surface area (Å²) in [6, 6.07) is 8.22. The van der Waals surface area contributed by atoms with Crippen LogP contribution in [0, 0.1) is 0 Å². The summed E-state index contributed by atoms with van der Waals surface area (Å²) >= 11 is 3.45. The van der Waals surface area contributed by atoms with Crippen LogP contribution in [-0.2, 0) is 0 Å². The van der Waals surface area contributed by atoms with E-state index in [4.69, 9.17) is 0 Å². The van der Waals surface area contributed by atoms with Crippen LogP contribution in [0.1, 0.15) is 34.1 Å². The number of fused-ring (bicyclic) bond motifs is 1. The molecule has 0 atom stereocenters. The van der Waals surface area contributed by atoms with Gasteiger partial charge in [0.25, 0.3) is 0 Å². The molecule has 0 aliphatic rings. The highest BCUT2D eigenvalue weighted by atomic mass is 32.2. The van der Waals surface area contributed by atoms with Crippen molar-refractivity contribution < 1.29 is 0 Å². The number of hydrogen-bond acceptors (Lipinski definition) is 3. The van der Waals surface area contributed by atoms with Crippen molar-refractivity contribution in [2.24, 2.45) is 0 Å². The maximum absolute atomic E-state index is 4.41. The van der Waals surface area contributed by atoms with Crippen LogP contribution in [-0.4, -0.2) is 11.2 Å². The van der Waals surface area contributed by atoms with Crippen LogP contribution in [0.25, 0.3) is 10.2 Å². The highest BCUT2D eigenvalue weighted by Gasteiger charge is 1.99. The predicted octanol–water partition coefficient (Wildman–Crippen LogP) is 5.46. The molecule has 90 valence electrons. The summed E-state index contributed by atoms with van der Waals surface area (Å²) in [5, 5.41) is 0. The summed E-state index contributed by atoms with van der Waals surface area (Å²) in [7, 11) is 0. The second-order valence-corrected chi connectivity index (χ2v) is 4.94. The lowest BCUT2D eigenvalue weighted by Crippen LogP contribution is -1.65. The molecule has 2 rings (SSSR count).